The lowest BCUT2D eigenvalue weighted by atomic mass is 10.2. The van der Waals surface area contributed by atoms with Gasteiger partial charge in [-0.25, -0.2) is 4.98 Å². The molecule has 0 spiro atoms. The van der Waals surface area contributed by atoms with Crippen molar-refractivity contribution in [3.63, 3.8) is 0 Å². The van der Waals surface area contributed by atoms with E-state index >= 15 is 0 Å². The zero-order valence-electron chi connectivity index (χ0n) is 11.1. The SMILES string of the molecule is CCSCCC(C)n1c(=S)[nH]c2cc(C)cnc21. The molecule has 0 saturated carbocycles. The molecule has 18 heavy (non-hydrogen) atoms. The van der Waals surface area contributed by atoms with E-state index in [1.165, 1.54) is 5.75 Å². The van der Waals surface area contributed by atoms with E-state index < -0.39 is 0 Å². The summed E-state index contributed by atoms with van der Waals surface area (Å²) in [5, 5.41) is 0. The lowest BCUT2D eigenvalue weighted by molar-refractivity contribution is 0.539. The number of aromatic nitrogens is 3. The number of fused-ring (bicyclic) bond motifs is 1. The number of thioether (sulfide) groups is 1. The Bertz CT molecular complexity index is 585. The van der Waals surface area contributed by atoms with Gasteiger partial charge in [0.05, 0.1) is 5.52 Å². The zero-order valence-corrected chi connectivity index (χ0v) is 12.7. The molecule has 0 bridgehead atoms. The zero-order chi connectivity index (χ0) is 13.1. The van der Waals surface area contributed by atoms with Crippen molar-refractivity contribution in [2.45, 2.75) is 33.2 Å². The van der Waals surface area contributed by atoms with E-state index in [9.17, 15) is 0 Å². The molecule has 0 radical (unpaired) electrons. The highest BCUT2D eigenvalue weighted by Crippen LogP contribution is 2.21. The predicted octanol–water partition coefficient (Wildman–Crippen LogP) is 4.11. The van der Waals surface area contributed by atoms with Gasteiger partial charge in [0.2, 0.25) is 0 Å². The highest BCUT2D eigenvalue weighted by Gasteiger charge is 2.12. The molecule has 1 atom stereocenters. The summed E-state index contributed by atoms with van der Waals surface area (Å²) in [4.78, 5) is 7.76. The van der Waals surface area contributed by atoms with E-state index in [-0.39, 0.29) is 0 Å². The van der Waals surface area contributed by atoms with Crippen molar-refractivity contribution in [2.24, 2.45) is 0 Å². The van der Waals surface area contributed by atoms with E-state index in [0.29, 0.717) is 6.04 Å². The first-order chi connectivity index (χ1) is 8.63. The van der Waals surface area contributed by atoms with Crippen LogP contribution in [-0.4, -0.2) is 26.0 Å². The van der Waals surface area contributed by atoms with Crippen molar-refractivity contribution in [1.82, 2.24) is 14.5 Å². The standard InChI is InChI=1S/C13H19N3S2/c1-4-18-6-5-10(3)16-12-11(15-13(16)17)7-9(2)8-14-12/h7-8,10H,4-6H2,1-3H3,(H,15,17). The van der Waals surface area contributed by atoms with Gasteiger partial charge in [-0.05, 0) is 55.6 Å². The maximum Gasteiger partial charge on any atom is 0.179 e. The average Bonchev–Trinajstić information content (AvgIpc) is 2.64. The van der Waals surface area contributed by atoms with E-state index in [1.54, 1.807) is 0 Å². The summed E-state index contributed by atoms with van der Waals surface area (Å²) in [6.45, 7) is 6.44. The lowest BCUT2D eigenvalue weighted by Crippen LogP contribution is -2.07. The molecule has 98 valence electrons. The summed E-state index contributed by atoms with van der Waals surface area (Å²) in [6, 6.07) is 2.49. The number of nitrogens with one attached hydrogen (secondary N) is 1. The van der Waals surface area contributed by atoms with Gasteiger partial charge in [-0.15, -0.1) is 0 Å². The van der Waals surface area contributed by atoms with Crippen molar-refractivity contribution < 1.29 is 0 Å². The Hall–Kier alpha value is -0.810. The molecule has 0 aromatic carbocycles. The van der Waals surface area contributed by atoms with Gasteiger partial charge in [-0.2, -0.15) is 11.8 Å². The number of aryl methyl sites for hydroxylation is 1. The molecule has 2 heterocycles. The number of H-pyrrole nitrogens is 1. The molecule has 2 rings (SSSR count). The number of aromatic amines is 1. The Morgan fingerprint density at radius 1 is 1.56 bits per heavy atom. The Labute approximate surface area is 117 Å². The summed E-state index contributed by atoms with van der Waals surface area (Å²) >= 11 is 7.38. The van der Waals surface area contributed by atoms with E-state index in [0.717, 1.165) is 33.7 Å². The molecule has 1 unspecified atom stereocenters. The summed E-state index contributed by atoms with van der Waals surface area (Å²) in [5.41, 5.74) is 3.16. The van der Waals surface area contributed by atoms with Crippen LogP contribution in [0.15, 0.2) is 12.3 Å². The molecule has 2 aromatic rings. The Morgan fingerprint density at radius 3 is 3.06 bits per heavy atom. The van der Waals surface area contributed by atoms with Crippen LogP contribution >= 0.6 is 24.0 Å². The highest BCUT2D eigenvalue weighted by atomic mass is 32.2. The topological polar surface area (TPSA) is 33.6 Å². The van der Waals surface area contributed by atoms with Crippen molar-refractivity contribution >= 4 is 35.1 Å². The van der Waals surface area contributed by atoms with Crippen LogP contribution in [0.5, 0.6) is 0 Å². The number of rotatable bonds is 5. The van der Waals surface area contributed by atoms with Crippen LogP contribution in [0.25, 0.3) is 11.2 Å². The van der Waals surface area contributed by atoms with Crippen molar-refractivity contribution in [3.8, 4) is 0 Å². The molecule has 3 nitrogen and oxygen atoms in total. The minimum Gasteiger partial charge on any atom is -0.329 e. The molecular formula is C13H19N3S2. The van der Waals surface area contributed by atoms with Crippen LogP contribution in [0.3, 0.4) is 0 Å². The van der Waals surface area contributed by atoms with Gasteiger partial charge in [0.1, 0.15) is 0 Å². The quantitative estimate of drug-likeness (QED) is 0.661. The molecular weight excluding hydrogens is 262 g/mol. The monoisotopic (exact) mass is 281 g/mol. The predicted molar refractivity (Wildman–Crippen MR) is 82.0 cm³/mol. The van der Waals surface area contributed by atoms with Gasteiger partial charge in [0.25, 0.3) is 0 Å². The van der Waals surface area contributed by atoms with E-state index in [1.807, 2.05) is 24.9 Å². The summed E-state index contributed by atoms with van der Waals surface area (Å²) in [6.07, 6.45) is 3.02. The van der Waals surface area contributed by atoms with Gasteiger partial charge in [-0.1, -0.05) is 6.92 Å². The Kier molecular flexibility index (Phi) is 4.45. The van der Waals surface area contributed by atoms with E-state index in [4.69, 9.17) is 12.2 Å². The largest absolute Gasteiger partial charge is 0.329 e. The summed E-state index contributed by atoms with van der Waals surface area (Å²) in [5.74, 6) is 2.33. The number of imidazole rings is 1. The van der Waals surface area contributed by atoms with Gasteiger partial charge in [-0.3, -0.25) is 4.57 Å². The number of pyridine rings is 1. The smallest absolute Gasteiger partial charge is 0.179 e. The molecule has 0 aliphatic rings. The van der Waals surface area contributed by atoms with Crippen LogP contribution in [-0.2, 0) is 0 Å². The van der Waals surface area contributed by atoms with Crippen LogP contribution in [0.2, 0.25) is 0 Å². The fraction of sp³-hybridized carbons (Fsp3) is 0.538. The summed E-state index contributed by atoms with van der Waals surface area (Å²) in [7, 11) is 0. The maximum absolute atomic E-state index is 5.41. The molecule has 0 aliphatic heterocycles. The van der Waals surface area contributed by atoms with Crippen LogP contribution < -0.4 is 0 Å². The van der Waals surface area contributed by atoms with Crippen molar-refractivity contribution in [3.05, 3.63) is 22.6 Å². The molecule has 0 saturated heterocycles. The summed E-state index contributed by atoms with van der Waals surface area (Å²) < 4.78 is 2.91. The second-order valence-electron chi connectivity index (χ2n) is 4.52. The molecule has 1 N–H and O–H groups in total. The molecule has 0 aliphatic carbocycles. The molecule has 0 fully saturated rings. The molecule has 2 aromatic heterocycles. The first kappa shape index (κ1) is 13.6. The number of hydrogen-bond donors (Lipinski definition) is 1. The normalized spacial score (nSPS) is 13.1. The lowest BCUT2D eigenvalue weighted by Gasteiger charge is -2.13. The molecule has 5 heteroatoms. The fourth-order valence-electron chi connectivity index (χ4n) is 2.05. The second-order valence-corrected chi connectivity index (χ2v) is 6.30. The maximum atomic E-state index is 5.41. The minimum absolute atomic E-state index is 0.389. The second kappa shape index (κ2) is 5.89. The molecule has 0 amide bonds. The van der Waals surface area contributed by atoms with Gasteiger partial charge < -0.3 is 4.98 Å². The van der Waals surface area contributed by atoms with Crippen LogP contribution in [0.1, 0.15) is 31.9 Å². The minimum atomic E-state index is 0.389. The average molecular weight is 281 g/mol. The van der Waals surface area contributed by atoms with Crippen LogP contribution in [0.4, 0.5) is 0 Å². The third-order valence-electron chi connectivity index (χ3n) is 3.02. The number of nitrogens with zero attached hydrogens (tertiary/aromatic N) is 2. The number of hydrogen-bond acceptors (Lipinski definition) is 3. The Morgan fingerprint density at radius 2 is 2.33 bits per heavy atom. The van der Waals surface area contributed by atoms with E-state index in [2.05, 4.69) is 34.4 Å². The van der Waals surface area contributed by atoms with Gasteiger partial charge >= 0.3 is 0 Å². The Balaban J connectivity index is 2.32. The fourth-order valence-corrected chi connectivity index (χ4v) is 3.23. The van der Waals surface area contributed by atoms with Gasteiger partial charge in [0.15, 0.2) is 10.4 Å². The first-order valence-electron chi connectivity index (χ1n) is 6.28. The third kappa shape index (κ3) is 2.78. The first-order valence-corrected chi connectivity index (χ1v) is 7.84. The van der Waals surface area contributed by atoms with Crippen LogP contribution in [0, 0.1) is 11.7 Å². The third-order valence-corrected chi connectivity index (χ3v) is 4.25. The van der Waals surface area contributed by atoms with Crippen molar-refractivity contribution in [2.75, 3.05) is 11.5 Å². The van der Waals surface area contributed by atoms with Gasteiger partial charge in [0, 0.05) is 12.2 Å². The van der Waals surface area contributed by atoms with Crippen molar-refractivity contribution in [1.29, 1.82) is 0 Å². The highest BCUT2D eigenvalue weighted by molar-refractivity contribution is 7.99.